The zero-order chi connectivity index (χ0) is 21.4. The highest BCUT2D eigenvalue weighted by Gasteiger charge is 2.21. The molecule has 6 nitrogen and oxygen atoms in total. The molecule has 4 aromatic rings. The van der Waals surface area contributed by atoms with Gasteiger partial charge in [-0.3, -0.25) is 4.79 Å². The number of carbonyl (C=O) groups excluding carboxylic acids is 1. The van der Waals surface area contributed by atoms with E-state index in [1.165, 1.54) is 11.1 Å². The molecule has 3 aromatic heterocycles. The van der Waals surface area contributed by atoms with Gasteiger partial charge in [-0.15, -0.1) is 0 Å². The van der Waals surface area contributed by atoms with E-state index in [1.807, 2.05) is 46.5 Å². The van der Waals surface area contributed by atoms with Crippen LogP contribution in [0.1, 0.15) is 33.0 Å². The summed E-state index contributed by atoms with van der Waals surface area (Å²) >= 11 is 1.74. The van der Waals surface area contributed by atoms with E-state index >= 15 is 0 Å². The number of hydrogen-bond donors (Lipinski definition) is 1. The van der Waals surface area contributed by atoms with E-state index in [-0.39, 0.29) is 5.91 Å². The second kappa shape index (κ2) is 8.24. The number of nitrogens with zero attached hydrogens (tertiary/aromatic N) is 4. The summed E-state index contributed by atoms with van der Waals surface area (Å²) in [6.07, 6.45) is 4.82. The van der Waals surface area contributed by atoms with Gasteiger partial charge in [0.15, 0.2) is 0 Å². The topological polar surface area (TPSA) is 54.6 Å². The zero-order valence-electron chi connectivity index (χ0n) is 17.7. The van der Waals surface area contributed by atoms with Crippen molar-refractivity contribution in [2.24, 2.45) is 7.05 Å². The van der Waals surface area contributed by atoms with E-state index in [1.54, 1.807) is 18.1 Å². The van der Waals surface area contributed by atoms with Crippen LogP contribution in [-0.2, 0) is 26.6 Å². The van der Waals surface area contributed by atoms with E-state index in [2.05, 4.69) is 45.8 Å². The van der Waals surface area contributed by atoms with Crippen LogP contribution < -0.4 is 5.32 Å². The maximum Gasteiger partial charge on any atom is 0.268 e. The lowest BCUT2D eigenvalue weighted by molar-refractivity contribution is 0.0942. The van der Waals surface area contributed by atoms with Crippen LogP contribution in [-0.4, -0.2) is 30.7 Å². The molecule has 1 aliphatic rings. The normalized spacial score (nSPS) is 14.0. The molecule has 0 aliphatic carbocycles. The molecular weight excluding hydrogens is 406 g/mol. The van der Waals surface area contributed by atoms with Gasteiger partial charge in [0.1, 0.15) is 11.3 Å². The molecule has 158 valence electrons. The summed E-state index contributed by atoms with van der Waals surface area (Å²) in [5, 5.41) is 3.05. The SMILES string of the molecule is Cc1c(SN2CCc3ccccc3C2)cc(C(=O)NCc2cnc3ccccn23)n1C. The van der Waals surface area contributed by atoms with Crippen molar-refractivity contribution in [2.75, 3.05) is 6.54 Å². The summed E-state index contributed by atoms with van der Waals surface area (Å²) in [6, 6.07) is 16.5. The van der Waals surface area contributed by atoms with Crippen molar-refractivity contribution in [3.8, 4) is 0 Å². The fraction of sp³-hybridized carbons (Fsp3) is 0.250. The molecule has 7 heteroatoms. The summed E-state index contributed by atoms with van der Waals surface area (Å²) in [5.41, 5.74) is 6.44. The number of carbonyl (C=O) groups is 1. The van der Waals surface area contributed by atoms with E-state index in [9.17, 15) is 4.79 Å². The van der Waals surface area contributed by atoms with Gasteiger partial charge in [-0.05, 0) is 54.6 Å². The lowest BCUT2D eigenvalue weighted by Crippen LogP contribution is -2.25. The van der Waals surface area contributed by atoms with E-state index < -0.39 is 0 Å². The van der Waals surface area contributed by atoms with Crippen molar-refractivity contribution in [3.05, 3.63) is 89.1 Å². The van der Waals surface area contributed by atoms with Crippen molar-refractivity contribution in [2.45, 2.75) is 31.3 Å². The number of rotatable bonds is 5. The molecule has 1 N–H and O–H groups in total. The molecule has 0 unspecified atom stereocenters. The van der Waals surface area contributed by atoms with Crippen molar-refractivity contribution in [1.82, 2.24) is 23.6 Å². The highest BCUT2D eigenvalue weighted by molar-refractivity contribution is 7.97. The third-order valence-corrected chi connectivity index (χ3v) is 7.15. The van der Waals surface area contributed by atoms with Gasteiger partial charge >= 0.3 is 0 Å². The predicted molar refractivity (Wildman–Crippen MR) is 123 cm³/mol. The number of imidazole rings is 1. The lowest BCUT2D eigenvalue weighted by Gasteiger charge is -2.27. The molecule has 0 bridgehead atoms. The van der Waals surface area contributed by atoms with Crippen LogP contribution in [0.2, 0.25) is 0 Å². The molecule has 0 saturated carbocycles. The third-order valence-electron chi connectivity index (χ3n) is 5.97. The lowest BCUT2D eigenvalue weighted by atomic mass is 10.0. The Morgan fingerprint density at radius 3 is 2.84 bits per heavy atom. The van der Waals surface area contributed by atoms with E-state index in [0.29, 0.717) is 12.2 Å². The molecule has 1 aliphatic heterocycles. The number of hydrogen-bond acceptors (Lipinski definition) is 4. The highest BCUT2D eigenvalue weighted by Crippen LogP contribution is 2.32. The van der Waals surface area contributed by atoms with Gasteiger partial charge < -0.3 is 14.3 Å². The Morgan fingerprint density at radius 1 is 1.16 bits per heavy atom. The summed E-state index contributed by atoms with van der Waals surface area (Å²) in [4.78, 5) is 18.4. The summed E-state index contributed by atoms with van der Waals surface area (Å²) in [7, 11) is 1.95. The Bertz CT molecular complexity index is 1260. The Labute approximate surface area is 186 Å². The first-order valence-corrected chi connectivity index (χ1v) is 11.2. The third kappa shape index (κ3) is 3.86. The van der Waals surface area contributed by atoms with Crippen LogP contribution in [0.3, 0.4) is 0 Å². The molecule has 0 saturated heterocycles. The van der Waals surface area contributed by atoms with Gasteiger partial charge in [-0.2, -0.15) is 0 Å². The van der Waals surface area contributed by atoms with Crippen LogP contribution in [0.15, 0.2) is 65.8 Å². The average Bonchev–Trinajstić information content (AvgIpc) is 3.34. The quantitative estimate of drug-likeness (QED) is 0.486. The van der Waals surface area contributed by atoms with Crippen LogP contribution in [0, 0.1) is 6.92 Å². The first-order chi connectivity index (χ1) is 15.1. The smallest absolute Gasteiger partial charge is 0.268 e. The number of fused-ring (bicyclic) bond motifs is 2. The van der Waals surface area contributed by atoms with Gasteiger partial charge in [0, 0.05) is 36.9 Å². The number of pyridine rings is 1. The van der Waals surface area contributed by atoms with Gasteiger partial charge in [0.05, 0.1) is 18.4 Å². The minimum Gasteiger partial charge on any atom is -0.345 e. The van der Waals surface area contributed by atoms with E-state index in [0.717, 1.165) is 41.4 Å². The van der Waals surface area contributed by atoms with Crippen molar-refractivity contribution in [3.63, 3.8) is 0 Å². The Balaban J connectivity index is 1.28. The standard InChI is InChI=1S/C24H25N5OS/c1-17-22(31-28-12-10-18-7-3-4-8-19(18)16-28)13-21(27(17)2)24(30)26-15-20-14-25-23-9-5-6-11-29(20)23/h3-9,11,13-14H,10,12,15-16H2,1-2H3,(H,26,30). The molecule has 31 heavy (non-hydrogen) atoms. The number of aromatic nitrogens is 3. The van der Waals surface area contributed by atoms with Gasteiger partial charge in [0.25, 0.3) is 5.91 Å². The molecule has 1 amide bonds. The van der Waals surface area contributed by atoms with Gasteiger partial charge in [0.2, 0.25) is 0 Å². The molecule has 1 aromatic carbocycles. The van der Waals surface area contributed by atoms with Crippen LogP contribution in [0.4, 0.5) is 0 Å². The highest BCUT2D eigenvalue weighted by atomic mass is 32.2. The maximum absolute atomic E-state index is 12.9. The fourth-order valence-corrected chi connectivity index (χ4v) is 5.14. The largest absolute Gasteiger partial charge is 0.345 e. The maximum atomic E-state index is 12.9. The first kappa shape index (κ1) is 19.9. The number of benzene rings is 1. The summed E-state index contributed by atoms with van der Waals surface area (Å²) in [5.74, 6) is -0.0766. The predicted octanol–water partition coefficient (Wildman–Crippen LogP) is 3.98. The Hall–Kier alpha value is -3.03. The molecule has 5 rings (SSSR count). The molecule has 4 heterocycles. The minimum atomic E-state index is -0.0766. The van der Waals surface area contributed by atoms with Crippen molar-refractivity contribution < 1.29 is 4.79 Å². The second-order valence-electron chi connectivity index (χ2n) is 7.87. The molecular formula is C24H25N5OS. The number of amides is 1. The first-order valence-electron chi connectivity index (χ1n) is 10.5. The summed E-state index contributed by atoms with van der Waals surface area (Å²) < 4.78 is 6.35. The van der Waals surface area contributed by atoms with Crippen molar-refractivity contribution in [1.29, 1.82) is 0 Å². The molecule has 0 radical (unpaired) electrons. The molecule has 0 fully saturated rings. The monoisotopic (exact) mass is 431 g/mol. The molecule has 0 spiro atoms. The Morgan fingerprint density at radius 2 is 1.97 bits per heavy atom. The number of nitrogens with one attached hydrogen (secondary N) is 1. The summed E-state index contributed by atoms with van der Waals surface area (Å²) in [6.45, 7) is 4.43. The van der Waals surface area contributed by atoms with Crippen LogP contribution >= 0.6 is 11.9 Å². The molecule has 0 atom stereocenters. The van der Waals surface area contributed by atoms with Crippen LogP contribution in [0.5, 0.6) is 0 Å². The fourth-order valence-electron chi connectivity index (χ4n) is 4.05. The average molecular weight is 432 g/mol. The van der Waals surface area contributed by atoms with Crippen LogP contribution in [0.25, 0.3) is 5.65 Å². The Kier molecular flexibility index (Phi) is 5.29. The van der Waals surface area contributed by atoms with Gasteiger partial charge in [-0.25, -0.2) is 9.29 Å². The second-order valence-corrected chi connectivity index (χ2v) is 9.01. The van der Waals surface area contributed by atoms with Gasteiger partial charge in [-0.1, -0.05) is 30.3 Å². The van der Waals surface area contributed by atoms with E-state index in [4.69, 9.17) is 0 Å². The van der Waals surface area contributed by atoms with Crippen molar-refractivity contribution >= 4 is 23.5 Å². The minimum absolute atomic E-state index is 0.0766. The zero-order valence-corrected chi connectivity index (χ0v) is 18.5.